The molecule has 2 heterocycles. The summed E-state index contributed by atoms with van der Waals surface area (Å²) in [5, 5.41) is 0. The lowest BCUT2D eigenvalue weighted by molar-refractivity contribution is -0.135. The molecule has 0 aromatic heterocycles. The van der Waals surface area contributed by atoms with Gasteiger partial charge in [0.15, 0.2) is 11.5 Å². The molecule has 6 heteroatoms. The lowest BCUT2D eigenvalue weighted by Gasteiger charge is -2.23. The number of aryl methyl sites for hydroxylation is 1. The zero-order valence-electron chi connectivity index (χ0n) is 16.9. The number of carbonyl (C=O) groups is 2. The quantitative estimate of drug-likeness (QED) is 0.783. The van der Waals surface area contributed by atoms with Crippen LogP contribution in [0.25, 0.3) is 0 Å². The van der Waals surface area contributed by atoms with Crippen molar-refractivity contribution in [1.29, 1.82) is 0 Å². The molecule has 2 aromatic rings. The van der Waals surface area contributed by atoms with Gasteiger partial charge in [-0.1, -0.05) is 35.9 Å². The molecule has 0 bridgehead atoms. The van der Waals surface area contributed by atoms with Gasteiger partial charge in [-0.05, 0) is 30.2 Å². The van der Waals surface area contributed by atoms with Crippen molar-refractivity contribution in [2.45, 2.75) is 26.4 Å². The number of nitrogens with zero attached hydrogens (tertiary/aromatic N) is 2. The highest BCUT2D eigenvalue weighted by Gasteiger charge is 2.35. The molecule has 0 radical (unpaired) electrons. The maximum Gasteiger partial charge on any atom is 0.228 e. The fraction of sp³-hybridized carbons (Fsp3) is 0.391. The normalized spacial score (nSPS) is 18.1. The summed E-state index contributed by atoms with van der Waals surface area (Å²) in [4.78, 5) is 28.8. The lowest BCUT2D eigenvalue weighted by atomic mass is 10.1. The van der Waals surface area contributed by atoms with E-state index < -0.39 is 0 Å². The topological polar surface area (TPSA) is 59.1 Å². The van der Waals surface area contributed by atoms with Crippen molar-refractivity contribution in [1.82, 2.24) is 9.80 Å². The van der Waals surface area contributed by atoms with Gasteiger partial charge >= 0.3 is 0 Å². The molecule has 0 N–H and O–H groups in total. The van der Waals surface area contributed by atoms with E-state index in [0.29, 0.717) is 32.8 Å². The monoisotopic (exact) mass is 394 g/mol. The molecule has 4 rings (SSSR count). The van der Waals surface area contributed by atoms with E-state index in [2.05, 4.69) is 0 Å². The summed E-state index contributed by atoms with van der Waals surface area (Å²) in [7, 11) is 1.78. The van der Waals surface area contributed by atoms with Crippen LogP contribution in [0.15, 0.2) is 42.5 Å². The van der Waals surface area contributed by atoms with Gasteiger partial charge in [-0.2, -0.15) is 0 Å². The van der Waals surface area contributed by atoms with E-state index in [0.717, 1.165) is 22.6 Å². The molecule has 152 valence electrons. The van der Waals surface area contributed by atoms with Crippen molar-refractivity contribution < 1.29 is 19.1 Å². The van der Waals surface area contributed by atoms with Gasteiger partial charge in [-0.3, -0.25) is 9.59 Å². The maximum absolute atomic E-state index is 12.9. The summed E-state index contributed by atoms with van der Waals surface area (Å²) in [5.41, 5.74) is 3.25. The number of likely N-dealkylation sites (tertiary alicyclic amines) is 1. The van der Waals surface area contributed by atoms with Gasteiger partial charge in [0.1, 0.15) is 13.2 Å². The lowest BCUT2D eigenvalue weighted by Crippen LogP contribution is -2.34. The number of hydrogen-bond donors (Lipinski definition) is 0. The van der Waals surface area contributed by atoms with Crippen molar-refractivity contribution in [3.8, 4) is 11.5 Å². The Labute approximate surface area is 171 Å². The number of benzene rings is 2. The summed E-state index contributed by atoms with van der Waals surface area (Å²) >= 11 is 0. The molecule has 29 heavy (non-hydrogen) atoms. The Morgan fingerprint density at radius 2 is 1.76 bits per heavy atom. The van der Waals surface area contributed by atoms with E-state index in [-0.39, 0.29) is 24.2 Å². The predicted octanol–water partition coefficient (Wildman–Crippen LogP) is 2.77. The van der Waals surface area contributed by atoms with E-state index in [9.17, 15) is 9.59 Å². The van der Waals surface area contributed by atoms with Gasteiger partial charge in [0.25, 0.3) is 0 Å². The summed E-state index contributed by atoms with van der Waals surface area (Å²) in [5.74, 6) is 1.20. The summed E-state index contributed by atoms with van der Waals surface area (Å²) in [6.07, 6.45) is 0.274. The molecular weight excluding hydrogens is 368 g/mol. The van der Waals surface area contributed by atoms with Crippen molar-refractivity contribution >= 4 is 11.8 Å². The molecule has 0 aliphatic carbocycles. The number of rotatable bonds is 5. The van der Waals surface area contributed by atoms with Gasteiger partial charge in [0, 0.05) is 33.1 Å². The van der Waals surface area contributed by atoms with E-state index in [1.807, 2.05) is 49.4 Å². The first-order chi connectivity index (χ1) is 14.0. The highest BCUT2D eigenvalue weighted by molar-refractivity contribution is 5.89. The van der Waals surface area contributed by atoms with Crippen molar-refractivity contribution in [2.24, 2.45) is 5.92 Å². The molecule has 2 aliphatic heterocycles. The van der Waals surface area contributed by atoms with Crippen LogP contribution in [0.4, 0.5) is 0 Å². The van der Waals surface area contributed by atoms with Gasteiger partial charge in [-0.15, -0.1) is 0 Å². The van der Waals surface area contributed by atoms with Crippen molar-refractivity contribution in [2.75, 3.05) is 26.8 Å². The summed E-state index contributed by atoms with van der Waals surface area (Å²) in [6, 6.07) is 13.9. The van der Waals surface area contributed by atoms with Crippen LogP contribution in [0.5, 0.6) is 11.5 Å². The highest BCUT2D eigenvalue weighted by Crippen LogP contribution is 2.31. The minimum Gasteiger partial charge on any atom is -0.486 e. The first-order valence-corrected chi connectivity index (χ1v) is 9.96. The number of amides is 2. The Balaban J connectivity index is 1.36. The second-order valence-electron chi connectivity index (χ2n) is 7.83. The minimum absolute atomic E-state index is 0.000329. The maximum atomic E-state index is 12.9. The average Bonchev–Trinajstić information content (AvgIpc) is 3.09. The van der Waals surface area contributed by atoms with Crippen LogP contribution in [0, 0.1) is 12.8 Å². The fourth-order valence-electron chi connectivity index (χ4n) is 3.85. The number of ether oxygens (including phenoxy) is 2. The van der Waals surface area contributed by atoms with Crippen LogP contribution >= 0.6 is 0 Å². The van der Waals surface area contributed by atoms with Crippen LogP contribution in [-0.4, -0.2) is 48.4 Å². The smallest absolute Gasteiger partial charge is 0.228 e. The summed E-state index contributed by atoms with van der Waals surface area (Å²) < 4.78 is 11.2. The van der Waals surface area contributed by atoms with Crippen LogP contribution in [0.2, 0.25) is 0 Å². The third-order valence-electron chi connectivity index (χ3n) is 5.46. The average molecular weight is 394 g/mol. The first-order valence-electron chi connectivity index (χ1n) is 9.96. The van der Waals surface area contributed by atoms with Gasteiger partial charge < -0.3 is 19.3 Å². The van der Waals surface area contributed by atoms with E-state index >= 15 is 0 Å². The molecule has 2 amide bonds. The van der Waals surface area contributed by atoms with Gasteiger partial charge in [-0.25, -0.2) is 0 Å². The zero-order chi connectivity index (χ0) is 20.4. The second kappa shape index (κ2) is 8.15. The van der Waals surface area contributed by atoms with Gasteiger partial charge in [0.2, 0.25) is 11.8 Å². The highest BCUT2D eigenvalue weighted by atomic mass is 16.6. The first kappa shape index (κ1) is 19.3. The van der Waals surface area contributed by atoms with Crippen molar-refractivity contribution in [3.05, 3.63) is 59.2 Å². The summed E-state index contributed by atoms with van der Waals surface area (Å²) in [6.45, 7) is 4.62. The molecule has 0 saturated carbocycles. The molecule has 1 atom stereocenters. The van der Waals surface area contributed by atoms with E-state index in [4.69, 9.17) is 9.47 Å². The fourth-order valence-corrected chi connectivity index (χ4v) is 3.85. The standard InChI is InChI=1S/C23H26N2O4/c1-16-3-5-17(6-4-16)14-25-15-19(12-22(25)26)23(27)24(2)13-18-7-8-20-21(11-18)29-10-9-28-20/h3-8,11,19H,9-10,12-15H2,1-2H3. The third kappa shape index (κ3) is 4.36. The van der Waals surface area contributed by atoms with Crippen LogP contribution in [0.3, 0.4) is 0 Å². The molecule has 2 aliphatic rings. The SMILES string of the molecule is Cc1ccc(CN2CC(C(=O)N(C)Cc3ccc4c(c3)OCCO4)CC2=O)cc1. The van der Waals surface area contributed by atoms with Crippen LogP contribution in [0.1, 0.15) is 23.1 Å². The molecule has 2 aromatic carbocycles. The van der Waals surface area contributed by atoms with Crippen LogP contribution < -0.4 is 9.47 Å². The van der Waals surface area contributed by atoms with Crippen molar-refractivity contribution in [3.63, 3.8) is 0 Å². The number of hydrogen-bond acceptors (Lipinski definition) is 4. The Kier molecular flexibility index (Phi) is 5.43. The number of carbonyl (C=O) groups excluding carboxylic acids is 2. The minimum atomic E-state index is -0.296. The Morgan fingerprint density at radius 3 is 2.52 bits per heavy atom. The largest absolute Gasteiger partial charge is 0.486 e. The van der Waals surface area contributed by atoms with Gasteiger partial charge in [0.05, 0.1) is 5.92 Å². The molecule has 0 spiro atoms. The molecule has 1 fully saturated rings. The van der Waals surface area contributed by atoms with E-state index in [1.165, 1.54) is 5.56 Å². The third-order valence-corrected chi connectivity index (χ3v) is 5.46. The predicted molar refractivity (Wildman–Crippen MR) is 109 cm³/mol. The zero-order valence-corrected chi connectivity index (χ0v) is 16.9. The number of fused-ring (bicyclic) bond motifs is 1. The van der Waals surface area contributed by atoms with Crippen LogP contribution in [-0.2, 0) is 22.7 Å². The molecule has 1 unspecified atom stereocenters. The van der Waals surface area contributed by atoms with E-state index in [1.54, 1.807) is 16.8 Å². The second-order valence-corrected chi connectivity index (χ2v) is 7.83. The molecular formula is C23H26N2O4. The molecule has 6 nitrogen and oxygen atoms in total. The Bertz CT molecular complexity index is 910. The molecule has 1 saturated heterocycles. The Hall–Kier alpha value is -3.02. The Morgan fingerprint density at radius 1 is 1.07 bits per heavy atom.